The van der Waals surface area contributed by atoms with Crippen LogP contribution in [0.5, 0.6) is 5.75 Å². The molecule has 1 aromatic carbocycles. The van der Waals surface area contributed by atoms with Crippen LogP contribution >= 0.6 is 11.8 Å². The molecule has 1 aliphatic heterocycles. The SMILES string of the molecule is N#Cc1c(N)nc(SCCF)c(C#N)c1-c1ccc(OC2COCC2O)cc1. The fourth-order valence-electron chi connectivity index (χ4n) is 2.84. The Labute approximate surface area is 165 Å². The molecule has 2 atom stereocenters. The fourth-order valence-corrected chi connectivity index (χ4v) is 3.56. The van der Waals surface area contributed by atoms with E-state index >= 15 is 0 Å². The lowest BCUT2D eigenvalue weighted by Gasteiger charge is -2.16. The predicted octanol–water partition coefficient (Wildman–Crippen LogP) is 2.27. The normalized spacial score (nSPS) is 18.4. The standard InChI is InChI=1S/C19H17FN4O3S/c20-5-6-28-19-14(8-22)17(13(7-21)18(23)24-19)11-1-3-12(4-2-11)27-16-10-26-9-15(16)25/h1-4,15-16,25H,5-6,9-10H2,(H2,23,24). The number of alkyl halides is 1. The van der Waals surface area contributed by atoms with Gasteiger partial charge in [0.05, 0.1) is 25.5 Å². The highest BCUT2D eigenvalue weighted by Gasteiger charge is 2.28. The van der Waals surface area contributed by atoms with Crippen LogP contribution in [0.25, 0.3) is 11.1 Å². The number of thioether (sulfide) groups is 1. The Kier molecular flexibility index (Phi) is 6.32. The van der Waals surface area contributed by atoms with Gasteiger partial charge in [0.1, 0.15) is 46.5 Å². The van der Waals surface area contributed by atoms with Crippen LogP contribution in [0.15, 0.2) is 29.3 Å². The maximum absolute atomic E-state index is 12.6. The third-order valence-electron chi connectivity index (χ3n) is 4.16. The molecule has 1 saturated heterocycles. The van der Waals surface area contributed by atoms with E-state index in [-0.39, 0.29) is 29.3 Å². The van der Waals surface area contributed by atoms with Crippen molar-refractivity contribution in [3.05, 3.63) is 35.4 Å². The molecule has 0 aliphatic carbocycles. The highest BCUT2D eigenvalue weighted by molar-refractivity contribution is 7.99. The molecule has 28 heavy (non-hydrogen) atoms. The lowest BCUT2D eigenvalue weighted by atomic mass is 9.97. The van der Waals surface area contributed by atoms with Gasteiger partial charge in [-0.25, -0.2) is 4.98 Å². The summed E-state index contributed by atoms with van der Waals surface area (Å²) in [7, 11) is 0. The number of rotatable bonds is 6. The van der Waals surface area contributed by atoms with Gasteiger partial charge in [-0.05, 0) is 17.7 Å². The zero-order valence-corrected chi connectivity index (χ0v) is 15.6. The second-order valence-electron chi connectivity index (χ2n) is 5.97. The Morgan fingerprint density at radius 2 is 1.96 bits per heavy atom. The Morgan fingerprint density at radius 1 is 1.25 bits per heavy atom. The van der Waals surface area contributed by atoms with Gasteiger partial charge in [0.2, 0.25) is 0 Å². The molecule has 0 amide bonds. The van der Waals surface area contributed by atoms with Gasteiger partial charge in [-0.2, -0.15) is 10.5 Å². The predicted molar refractivity (Wildman–Crippen MR) is 101 cm³/mol. The number of aromatic nitrogens is 1. The Bertz CT molecular complexity index is 940. The van der Waals surface area contributed by atoms with Gasteiger partial charge in [-0.1, -0.05) is 12.1 Å². The van der Waals surface area contributed by atoms with Crippen LogP contribution in [0.1, 0.15) is 11.1 Å². The number of nitrogens with two attached hydrogens (primary N) is 1. The molecule has 7 nitrogen and oxygen atoms in total. The van der Waals surface area contributed by atoms with E-state index in [0.29, 0.717) is 28.5 Å². The van der Waals surface area contributed by atoms with Crippen molar-refractivity contribution >= 4 is 17.6 Å². The number of nitrogens with zero attached hydrogens (tertiary/aromatic N) is 3. The van der Waals surface area contributed by atoms with Gasteiger partial charge in [-0.15, -0.1) is 11.8 Å². The lowest BCUT2D eigenvalue weighted by molar-refractivity contribution is 0.0733. The average molecular weight is 400 g/mol. The van der Waals surface area contributed by atoms with Crippen molar-refractivity contribution < 1.29 is 19.0 Å². The van der Waals surface area contributed by atoms with E-state index in [1.807, 2.05) is 6.07 Å². The summed E-state index contributed by atoms with van der Waals surface area (Å²) in [6, 6.07) is 10.8. The van der Waals surface area contributed by atoms with Gasteiger partial charge in [0, 0.05) is 11.3 Å². The summed E-state index contributed by atoms with van der Waals surface area (Å²) in [4.78, 5) is 4.10. The first kappa shape index (κ1) is 19.9. The minimum Gasteiger partial charge on any atom is -0.485 e. The number of aliphatic hydroxyl groups excluding tert-OH is 1. The number of hydrogen-bond donors (Lipinski definition) is 2. The number of benzene rings is 1. The average Bonchev–Trinajstić information content (AvgIpc) is 3.11. The van der Waals surface area contributed by atoms with Crippen molar-refractivity contribution in [1.82, 2.24) is 4.98 Å². The highest BCUT2D eigenvalue weighted by atomic mass is 32.2. The van der Waals surface area contributed by atoms with E-state index in [1.165, 1.54) is 0 Å². The van der Waals surface area contributed by atoms with Gasteiger partial charge in [0.25, 0.3) is 0 Å². The van der Waals surface area contributed by atoms with Gasteiger partial charge >= 0.3 is 0 Å². The number of nitriles is 2. The van der Waals surface area contributed by atoms with Crippen LogP contribution in [0.2, 0.25) is 0 Å². The molecule has 0 radical (unpaired) electrons. The number of aliphatic hydroxyl groups is 1. The van der Waals surface area contributed by atoms with Crippen LogP contribution in [-0.4, -0.2) is 47.9 Å². The molecule has 1 aromatic heterocycles. The van der Waals surface area contributed by atoms with Crippen LogP contribution in [0.4, 0.5) is 10.2 Å². The van der Waals surface area contributed by atoms with Crippen LogP contribution in [0.3, 0.4) is 0 Å². The van der Waals surface area contributed by atoms with Crippen molar-refractivity contribution in [2.24, 2.45) is 0 Å². The molecule has 2 aromatic rings. The van der Waals surface area contributed by atoms with E-state index in [2.05, 4.69) is 11.1 Å². The zero-order valence-electron chi connectivity index (χ0n) is 14.8. The monoisotopic (exact) mass is 400 g/mol. The molecule has 144 valence electrons. The maximum Gasteiger partial charge on any atom is 0.150 e. The minimum absolute atomic E-state index is 0.00980. The lowest BCUT2D eigenvalue weighted by Crippen LogP contribution is -2.29. The molecular formula is C19H17FN4O3S. The summed E-state index contributed by atoms with van der Waals surface area (Å²) in [6.45, 7) is -0.0409. The maximum atomic E-state index is 12.6. The van der Waals surface area contributed by atoms with Gasteiger partial charge in [0.15, 0.2) is 0 Å². The van der Waals surface area contributed by atoms with Crippen molar-refractivity contribution in [3.63, 3.8) is 0 Å². The number of anilines is 1. The summed E-state index contributed by atoms with van der Waals surface area (Å²) < 4.78 is 23.4. The smallest absolute Gasteiger partial charge is 0.150 e. The van der Waals surface area contributed by atoms with Crippen molar-refractivity contribution in [2.75, 3.05) is 31.4 Å². The molecule has 3 rings (SSSR count). The van der Waals surface area contributed by atoms with E-state index < -0.39 is 18.9 Å². The Hall–Kier alpha value is -2.85. The molecular weight excluding hydrogens is 383 g/mol. The first-order valence-corrected chi connectivity index (χ1v) is 9.43. The third kappa shape index (κ3) is 4.02. The summed E-state index contributed by atoms with van der Waals surface area (Å²) >= 11 is 1.07. The molecule has 0 bridgehead atoms. The fraction of sp³-hybridized carbons (Fsp3) is 0.316. The first-order chi connectivity index (χ1) is 13.6. The van der Waals surface area contributed by atoms with Crippen molar-refractivity contribution in [3.8, 4) is 29.0 Å². The van der Waals surface area contributed by atoms with E-state index in [9.17, 15) is 20.0 Å². The summed E-state index contributed by atoms with van der Waals surface area (Å²) in [5, 5.41) is 29.2. The zero-order chi connectivity index (χ0) is 20.1. The van der Waals surface area contributed by atoms with Crippen molar-refractivity contribution in [2.45, 2.75) is 17.2 Å². The Morgan fingerprint density at radius 3 is 2.54 bits per heavy atom. The largest absolute Gasteiger partial charge is 0.485 e. The van der Waals surface area contributed by atoms with Crippen LogP contribution in [0, 0.1) is 22.7 Å². The topological polar surface area (TPSA) is 125 Å². The Balaban J connectivity index is 1.98. The number of halogens is 1. The van der Waals surface area contributed by atoms with Gasteiger partial charge in [-0.3, -0.25) is 4.39 Å². The third-order valence-corrected chi connectivity index (χ3v) is 5.09. The number of nitrogen functional groups attached to an aromatic ring is 1. The summed E-state index contributed by atoms with van der Waals surface area (Å²) in [5.74, 6) is 0.638. The number of pyridine rings is 1. The molecule has 1 aliphatic rings. The molecule has 9 heteroatoms. The quantitative estimate of drug-likeness (QED) is 0.708. The second-order valence-corrected chi connectivity index (χ2v) is 7.06. The molecule has 0 spiro atoms. The summed E-state index contributed by atoms with van der Waals surface area (Å²) in [6.07, 6.45) is -1.14. The highest BCUT2D eigenvalue weighted by Crippen LogP contribution is 2.36. The van der Waals surface area contributed by atoms with Crippen LogP contribution in [-0.2, 0) is 4.74 Å². The molecule has 0 saturated carbocycles. The van der Waals surface area contributed by atoms with E-state index in [4.69, 9.17) is 15.2 Å². The molecule has 1 fully saturated rings. The second kappa shape index (κ2) is 8.89. The van der Waals surface area contributed by atoms with E-state index in [0.717, 1.165) is 11.8 Å². The molecule has 3 N–H and O–H groups in total. The van der Waals surface area contributed by atoms with E-state index in [1.54, 1.807) is 24.3 Å². The van der Waals surface area contributed by atoms with Crippen LogP contribution < -0.4 is 10.5 Å². The minimum atomic E-state index is -0.690. The van der Waals surface area contributed by atoms with Crippen molar-refractivity contribution in [1.29, 1.82) is 10.5 Å². The van der Waals surface area contributed by atoms with Gasteiger partial charge < -0.3 is 20.3 Å². The number of hydrogen-bond acceptors (Lipinski definition) is 8. The first-order valence-electron chi connectivity index (χ1n) is 8.44. The molecule has 2 unspecified atom stereocenters. The molecule has 2 heterocycles. The number of ether oxygens (including phenoxy) is 2. The summed E-state index contributed by atoms with van der Waals surface area (Å²) in [5.41, 5.74) is 7.11.